The van der Waals surface area contributed by atoms with Gasteiger partial charge in [-0.3, -0.25) is 14.2 Å². The van der Waals surface area contributed by atoms with Crippen LogP contribution in [0.15, 0.2) is 9.95 Å². The van der Waals surface area contributed by atoms with Crippen LogP contribution in [-0.4, -0.2) is 27.8 Å². The van der Waals surface area contributed by atoms with E-state index in [4.69, 9.17) is 0 Å². The number of thiophene rings is 1. The Labute approximate surface area is 156 Å². The topological polar surface area (TPSA) is 64.0 Å². The summed E-state index contributed by atoms with van der Waals surface area (Å²) in [6.07, 6.45) is 6.32. The SMILES string of the molecule is Cc1sc2nc(SCC(=O)NCC3CCCCC3)n(C)c(=O)c2c1C. The Hall–Kier alpha value is -1.34. The molecule has 1 N–H and O–H groups in total. The second-order valence-electron chi connectivity index (χ2n) is 6.82. The number of rotatable bonds is 5. The Bertz CT molecular complexity index is 835. The van der Waals surface area contributed by atoms with Gasteiger partial charge in [0, 0.05) is 18.5 Å². The maximum atomic E-state index is 12.6. The van der Waals surface area contributed by atoms with Gasteiger partial charge in [-0.1, -0.05) is 31.0 Å². The number of aromatic nitrogens is 2. The average Bonchev–Trinajstić information content (AvgIpc) is 2.90. The van der Waals surface area contributed by atoms with Gasteiger partial charge in [-0.25, -0.2) is 4.98 Å². The van der Waals surface area contributed by atoms with E-state index in [-0.39, 0.29) is 11.5 Å². The van der Waals surface area contributed by atoms with Gasteiger partial charge in [0.15, 0.2) is 5.16 Å². The number of carbonyl (C=O) groups excluding carboxylic acids is 1. The van der Waals surface area contributed by atoms with Crippen molar-refractivity contribution in [3.05, 3.63) is 20.8 Å². The highest BCUT2D eigenvalue weighted by Crippen LogP contribution is 2.28. The summed E-state index contributed by atoms with van der Waals surface area (Å²) in [4.78, 5) is 31.2. The number of thioether (sulfide) groups is 1. The predicted molar refractivity (Wildman–Crippen MR) is 105 cm³/mol. The van der Waals surface area contributed by atoms with Crippen LogP contribution in [0.25, 0.3) is 10.2 Å². The first-order chi connectivity index (χ1) is 12.0. The number of amides is 1. The largest absolute Gasteiger partial charge is 0.355 e. The van der Waals surface area contributed by atoms with Gasteiger partial charge in [-0.15, -0.1) is 11.3 Å². The predicted octanol–water partition coefficient (Wildman–Crippen LogP) is 3.40. The van der Waals surface area contributed by atoms with Crippen LogP contribution in [-0.2, 0) is 11.8 Å². The first-order valence-electron chi connectivity index (χ1n) is 8.83. The third-order valence-electron chi connectivity index (χ3n) is 5.01. The molecule has 2 aromatic heterocycles. The zero-order valence-corrected chi connectivity index (χ0v) is 16.7. The van der Waals surface area contributed by atoms with Gasteiger partial charge in [0.2, 0.25) is 5.91 Å². The third-order valence-corrected chi connectivity index (χ3v) is 7.15. The summed E-state index contributed by atoms with van der Waals surface area (Å²) in [5, 5.41) is 4.34. The second kappa shape index (κ2) is 7.91. The number of hydrogen-bond acceptors (Lipinski definition) is 5. The highest BCUT2D eigenvalue weighted by atomic mass is 32.2. The maximum absolute atomic E-state index is 12.6. The molecule has 1 amide bonds. The van der Waals surface area contributed by atoms with Crippen LogP contribution >= 0.6 is 23.1 Å². The van der Waals surface area contributed by atoms with Crippen LogP contribution in [0, 0.1) is 19.8 Å². The normalized spacial score (nSPS) is 15.6. The lowest BCUT2D eigenvalue weighted by atomic mass is 9.89. The summed E-state index contributed by atoms with van der Waals surface area (Å²) in [6.45, 7) is 4.74. The number of hydrogen-bond donors (Lipinski definition) is 1. The fraction of sp³-hybridized carbons (Fsp3) is 0.611. The average molecular weight is 380 g/mol. The standard InChI is InChI=1S/C18H25N3O2S2/c1-11-12(2)25-16-15(11)17(23)21(3)18(20-16)24-10-14(22)19-9-13-7-5-4-6-8-13/h13H,4-10H2,1-3H3,(H,19,22). The Morgan fingerprint density at radius 3 is 2.76 bits per heavy atom. The van der Waals surface area contributed by atoms with Crippen molar-refractivity contribution >= 4 is 39.2 Å². The molecule has 0 aliphatic heterocycles. The van der Waals surface area contributed by atoms with Crippen LogP contribution in [0.2, 0.25) is 0 Å². The molecular weight excluding hydrogens is 354 g/mol. The van der Waals surface area contributed by atoms with Crippen LogP contribution < -0.4 is 10.9 Å². The lowest BCUT2D eigenvalue weighted by Crippen LogP contribution is -2.31. The van der Waals surface area contributed by atoms with Crippen molar-refractivity contribution in [3.63, 3.8) is 0 Å². The lowest BCUT2D eigenvalue weighted by molar-refractivity contribution is -0.118. The van der Waals surface area contributed by atoms with Crippen molar-refractivity contribution < 1.29 is 4.79 Å². The zero-order valence-electron chi connectivity index (χ0n) is 15.1. The molecule has 1 fully saturated rings. The van der Waals surface area contributed by atoms with E-state index in [1.54, 1.807) is 23.0 Å². The molecular formula is C18H25N3O2S2. The number of fused-ring (bicyclic) bond motifs is 1. The fourth-order valence-corrected chi connectivity index (χ4v) is 5.19. The van der Waals surface area contributed by atoms with Crippen molar-refractivity contribution in [2.75, 3.05) is 12.3 Å². The molecule has 0 spiro atoms. The lowest BCUT2D eigenvalue weighted by Gasteiger charge is -2.21. The van der Waals surface area contributed by atoms with E-state index in [2.05, 4.69) is 10.3 Å². The number of carbonyl (C=O) groups is 1. The number of aryl methyl sites for hydroxylation is 2. The van der Waals surface area contributed by atoms with Crippen LogP contribution in [0.3, 0.4) is 0 Å². The summed E-state index contributed by atoms with van der Waals surface area (Å²) < 4.78 is 1.56. The summed E-state index contributed by atoms with van der Waals surface area (Å²) in [7, 11) is 1.73. The minimum absolute atomic E-state index is 0.0171. The molecule has 1 aliphatic rings. The van der Waals surface area contributed by atoms with E-state index in [9.17, 15) is 9.59 Å². The Kier molecular flexibility index (Phi) is 5.84. The first-order valence-corrected chi connectivity index (χ1v) is 10.6. The molecule has 1 saturated carbocycles. The number of nitrogens with one attached hydrogen (secondary N) is 1. The van der Waals surface area contributed by atoms with E-state index in [1.165, 1.54) is 43.9 Å². The monoisotopic (exact) mass is 379 g/mol. The third kappa shape index (κ3) is 4.08. The summed E-state index contributed by atoms with van der Waals surface area (Å²) in [5.41, 5.74) is 0.979. The molecule has 0 atom stereocenters. The zero-order chi connectivity index (χ0) is 18.0. The van der Waals surface area contributed by atoms with Gasteiger partial charge in [0.05, 0.1) is 11.1 Å². The molecule has 136 valence electrons. The van der Waals surface area contributed by atoms with Crippen molar-refractivity contribution in [2.45, 2.75) is 51.1 Å². The smallest absolute Gasteiger partial charge is 0.262 e. The molecule has 2 aromatic rings. The molecule has 1 aliphatic carbocycles. The Morgan fingerprint density at radius 2 is 2.04 bits per heavy atom. The van der Waals surface area contributed by atoms with E-state index in [1.807, 2.05) is 13.8 Å². The molecule has 5 nitrogen and oxygen atoms in total. The summed E-state index contributed by atoms with van der Waals surface area (Å²) in [5.74, 6) is 0.934. The van der Waals surface area contributed by atoms with Gasteiger partial charge in [-0.2, -0.15) is 0 Å². The van der Waals surface area contributed by atoms with Crippen molar-refractivity contribution in [3.8, 4) is 0 Å². The highest BCUT2D eigenvalue weighted by molar-refractivity contribution is 7.99. The Balaban J connectivity index is 1.63. The maximum Gasteiger partial charge on any atom is 0.262 e. The fourth-order valence-electron chi connectivity index (χ4n) is 3.32. The molecule has 0 bridgehead atoms. The number of nitrogens with zero attached hydrogens (tertiary/aromatic N) is 2. The molecule has 0 unspecified atom stereocenters. The summed E-state index contributed by atoms with van der Waals surface area (Å²) in [6, 6.07) is 0. The van der Waals surface area contributed by atoms with E-state index in [0.29, 0.717) is 22.2 Å². The van der Waals surface area contributed by atoms with Crippen molar-refractivity contribution in [1.82, 2.24) is 14.9 Å². The molecule has 0 aromatic carbocycles. The molecule has 3 rings (SSSR count). The van der Waals surface area contributed by atoms with Gasteiger partial charge < -0.3 is 5.32 Å². The van der Waals surface area contributed by atoms with Gasteiger partial charge in [0.1, 0.15) is 4.83 Å². The van der Waals surface area contributed by atoms with Gasteiger partial charge in [-0.05, 0) is 38.2 Å². The molecule has 7 heteroatoms. The van der Waals surface area contributed by atoms with Crippen LogP contribution in [0.1, 0.15) is 42.5 Å². The minimum atomic E-state index is -0.0306. The Morgan fingerprint density at radius 1 is 1.32 bits per heavy atom. The molecule has 0 radical (unpaired) electrons. The van der Waals surface area contributed by atoms with Crippen molar-refractivity contribution in [1.29, 1.82) is 0 Å². The van der Waals surface area contributed by atoms with Gasteiger partial charge >= 0.3 is 0 Å². The molecule has 2 heterocycles. The molecule has 0 saturated heterocycles. The second-order valence-corrected chi connectivity index (χ2v) is 8.96. The first kappa shape index (κ1) is 18.5. The van der Waals surface area contributed by atoms with E-state index < -0.39 is 0 Å². The van der Waals surface area contributed by atoms with Crippen LogP contribution in [0.4, 0.5) is 0 Å². The van der Waals surface area contributed by atoms with Gasteiger partial charge in [0.25, 0.3) is 5.56 Å². The quantitative estimate of drug-likeness (QED) is 0.639. The highest BCUT2D eigenvalue weighted by Gasteiger charge is 2.17. The van der Waals surface area contributed by atoms with Crippen LogP contribution in [0.5, 0.6) is 0 Å². The molecule has 25 heavy (non-hydrogen) atoms. The summed E-state index contributed by atoms with van der Waals surface area (Å²) >= 11 is 2.87. The van der Waals surface area contributed by atoms with E-state index >= 15 is 0 Å². The van der Waals surface area contributed by atoms with E-state index in [0.717, 1.165) is 21.8 Å². The van der Waals surface area contributed by atoms with Crippen molar-refractivity contribution in [2.24, 2.45) is 13.0 Å². The minimum Gasteiger partial charge on any atom is -0.355 e.